The van der Waals surface area contributed by atoms with Crippen LogP contribution < -0.4 is 15.6 Å². The van der Waals surface area contributed by atoms with E-state index in [0.29, 0.717) is 18.6 Å². The van der Waals surface area contributed by atoms with Crippen molar-refractivity contribution < 1.29 is 13.9 Å². The van der Waals surface area contributed by atoms with E-state index >= 15 is 0 Å². The Morgan fingerprint density at radius 1 is 1.35 bits per heavy atom. The molecule has 132 valence electrons. The Kier molecular flexibility index (Phi) is 3.91. The fourth-order valence-electron chi connectivity index (χ4n) is 3.10. The second-order valence-electron chi connectivity index (χ2n) is 6.33. The maximum absolute atomic E-state index is 14.3. The molecule has 0 saturated carbocycles. The molecule has 3 aromatic rings. The van der Waals surface area contributed by atoms with Crippen molar-refractivity contribution in [2.45, 2.75) is 25.9 Å². The van der Waals surface area contributed by atoms with Crippen LogP contribution in [0.5, 0.6) is 5.75 Å². The van der Waals surface area contributed by atoms with Crippen molar-refractivity contribution in [1.29, 1.82) is 0 Å². The summed E-state index contributed by atoms with van der Waals surface area (Å²) in [6, 6.07) is 8.20. The SMILES string of the molecule is Cc1ccc2c(c1)CCC(C(=O)Nc1cc3c(=O)[nH]cnc3cc1F)O2. The summed E-state index contributed by atoms with van der Waals surface area (Å²) in [6.07, 6.45) is 1.70. The summed E-state index contributed by atoms with van der Waals surface area (Å²) in [5.41, 5.74) is 1.95. The Bertz CT molecular complexity index is 1080. The molecule has 1 atom stereocenters. The molecule has 6 nitrogen and oxygen atoms in total. The molecule has 0 spiro atoms. The Labute approximate surface area is 148 Å². The third-order valence-corrected chi connectivity index (χ3v) is 4.44. The number of hydrogen-bond acceptors (Lipinski definition) is 4. The number of hydrogen-bond donors (Lipinski definition) is 2. The first-order valence-corrected chi connectivity index (χ1v) is 8.25. The Balaban J connectivity index is 1.58. The molecule has 1 amide bonds. The van der Waals surface area contributed by atoms with Gasteiger partial charge in [0.2, 0.25) is 0 Å². The van der Waals surface area contributed by atoms with Crippen molar-refractivity contribution in [3.63, 3.8) is 0 Å². The Hall–Kier alpha value is -3.22. The lowest BCUT2D eigenvalue weighted by molar-refractivity contribution is -0.123. The van der Waals surface area contributed by atoms with Gasteiger partial charge in [0.25, 0.3) is 11.5 Å². The summed E-state index contributed by atoms with van der Waals surface area (Å²) in [7, 11) is 0. The van der Waals surface area contributed by atoms with Crippen LogP contribution in [-0.4, -0.2) is 22.0 Å². The largest absolute Gasteiger partial charge is 0.480 e. The molecule has 2 heterocycles. The Morgan fingerprint density at radius 2 is 2.19 bits per heavy atom. The lowest BCUT2D eigenvalue weighted by atomic mass is 10.00. The topological polar surface area (TPSA) is 84.1 Å². The van der Waals surface area contributed by atoms with Crippen molar-refractivity contribution in [3.8, 4) is 5.75 Å². The molecular weight excluding hydrogens is 337 g/mol. The number of amides is 1. The van der Waals surface area contributed by atoms with Crippen LogP contribution in [-0.2, 0) is 11.2 Å². The number of anilines is 1. The highest BCUT2D eigenvalue weighted by Crippen LogP contribution is 2.29. The average molecular weight is 353 g/mol. The number of halogens is 1. The third-order valence-electron chi connectivity index (χ3n) is 4.44. The zero-order chi connectivity index (χ0) is 18.3. The molecular formula is C19H16FN3O3. The predicted octanol–water partition coefficient (Wildman–Crippen LogP) is 2.70. The quantitative estimate of drug-likeness (QED) is 0.742. The predicted molar refractivity (Wildman–Crippen MR) is 94.9 cm³/mol. The number of carbonyl (C=O) groups is 1. The number of aromatic nitrogens is 2. The van der Waals surface area contributed by atoms with Crippen LogP contribution in [0, 0.1) is 12.7 Å². The van der Waals surface area contributed by atoms with Gasteiger partial charge in [0.1, 0.15) is 11.6 Å². The van der Waals surface area contributed by atoms with Gasteiger partial charge in [0.05, 0.1) is 22.9 Å². The summed E-state index contributed by atoms with van der Waals surface area (Å²) < 4.78 is 20.0. The first-order valence-electron chi connectivity index (χ1n) is 8.25. The number of benzene rings is 2. The Morgan fingerprint density at radius 3 is 3.04 bits per heavy atom. The normalized spacial score (nSPS) is 16.0. The monoisotopic (exact) mass is 353 g/mol. The molecule has 7 heteroatoms. The number of fused-ring (bicyclic) bond motifs is 2. The molecule has 0 saturated heterocycles. The third kappa shape index (κ3) is 2.92. The molecule has 2 aromatic carbocycles. The highest BCUT2D eigenvalue weighted by atomic mass is 19.1. The molecule has 26 heavy (non-hydrogen) atoms. The fourth-order valence-corrected chi connectivity index (χ4v) is 3.10. The zero-order valence-corrected chi connectivity index (χ0v) is 14.0. The molecule has 4 rings (SSSR count). The minimum Gasteiger partial charge on any atom is -0.480 e. The smallest absolute Gasteiger partial charge is 0.265 e. The summed E-state index contributed by atoms with van der Waals surface area (Å²) in [5.74, 6) is -0.438. The van der Waals surface area contributed by atoms with Gasteiger partial charge in [-0.05, 0) is 37.5 Å². The van der Waals surface area contributed by atoms with Crippen LogP contribution in [0.15, 0.2) is 41.5 Å². The molecule has 1 aliphatic heterocycles. The van der Waals surface area contributed by atoms with Crippen molar-refractivity contribution >= 4 is 22.5 Å². The minimum atomic E-state index is -0.715. The maximum Gasteiger partial charge on any atom is 0.265 e. The first kappa shape index (κ1) is 16.3. The van der Waals surface area contributed by atoms with E-state index in [1.165, 1.54) is 12.4 Å². The van der Waals surface area contributed by atoms with Crippen molar-refractivity contribution in [3.05, 3.63) is 64.0 Å². The van der Waals surface area contributed by atoms with Crippen molar-refractivity contribution in [2.24, 2.45) is 0 Å². The number of aryl methyl sites for hydroxylation is 2. The van der Waals surface area contributed by atoms with E-state index in [-0.39, 0.29) is 16.6 Å². The van der Waals surface area contributed by atoms with Gasteiger partial charge in [-0.15, -0.1) is 0 Å². The summed E-state index contributed by atoms with van der Waals surface area (Å²) >= 11 is 0. The van der Waals surface area contributed by atoms with Crippen LogP contribution in [0.2, 0.25) is 0 Å². The zero-order valence-electron chi connectivity index (χ0n) is 14.0. The van der Waals surface area contributed by atoms with Crippen LogP contribution in [0.3, 0.4) is 0 Å². The molecule has 0 radical (unpaired) electrons. The average Bonchev–Trinajstić information content (AvgIpc) is 2.62. The van der Waals surface area contributed by atoms with E-state index in [0.717, 1.165) is 17.2 Å². The standard InChI is InChI=1S/C19H16FN3O3/c1-10-2-4-16-11(6-10)3-5-17(26-16)19(25)23-15-7-12-14(8-13(15)20)21-9-22-18(12)24/h2,4,6-9,17H,3,5H2,1H3,(H,23,25)(H,21,22,24). The van der Waals surface area contributed by atoms with Crippen LogP contribution in [0.25, 0.3) is 10.9 Å². The number of ether oxygens (including phenoxy) is 1. The second-order valence-corrected chi connectivity index (χ2v) is 6.33. The molecule has 1 aliphatic rings. The van der Waals surface area contributed by atoms with Gasteiger partial charge in [0, 0.05) is 6.07 Å². The molecule has 0 fully saturated rings. The van der Waals surface area contributed by atoms with Crippen molar-refractivity contribution in [1.82, 2.24) is 9.97 Å². The number of H-pyrrole nitrogens is 1. The number of aromatic amines is 1. The van der Waals surface area contributed by atoms with Gasteiger partial charge in [-0.2, -0.15) is 0 Å². The number of rotatable bonds is 2. The van der Waals surface area contributed by atoms with E-state index < -0.39 is 23.4 Å². The maximum atomic E-state index is 14.3. The van der Waals surface area contributed by atoms with Gasteiger partial charge < -0.3 is 15.0 Å². The van der Waals surface area contributed by atoms with E-state index in [1.807, 2.05) is 25.1 Å². The van der Waals surface area contributed by atoms with Gasteiger partial charge >= 0.3 is 0 Å². The molecule has 0 bridgehead atoms. The van der Waals surface area contributed by atoms with E-state index in [9.17, 15) is 14.0 Å². The highest BCUT2D eigenvalue weighted by molar-refractivity contribution is 5.96. The van der Waals surface area contributed by atoms with E-state index in [4.69, 9.17) is 4.74 Å². The number of carbonyl (C=O) groups excluding carboxylic acids is 1. The summed E-state index contributed by atoms with van der Waals surface area (Å²) in [6.45, 7) is 2.00. The lowest BCUT2D eigenvalue weighted by Gasteiger charge is -2.25. The molecule has 1 aromatic heterocycles. The lowest BCUT2D eigenvalue weighted by Crippen LogP contribution is -2.36. The van der Waals surface area contributed by atoms with Gasteiger partial charge in [-0.25, -0.2) is 9.37 Å². The minimum absolute atomic E-state index is 0.0701. The molecule has 1 unspecified atom stereocenters. The molecule has 0 aliphatic carbocycles. The van der Waals surface area contributed by atoms with Gasteiger partial charge in [-0.1, -0.05) is 17.7 Å². The number of nitrogens with one attached hydrogen (secondary N) is 2. The molecule has 2 N–H and O–H groups in total. The number of nitrogens with zero attached hydrogens (tertiary/aromatic N) is 1. The van der Waals surface area contributed by atoms with Gasteiger partial charge in [-0.3, -0.25) is 9.59 Å². The van der Waals surface area contributed by atoms with Crippen LogP contribution in [0.4, 0.5) is 10.1 Å². The summed E-state index contributed by atoms with van der Waals surface area (Å²) in [4.78, 5) is 30.7. The van der Waals surface area contributed by atoms with Crippen LogP contribution in [0.1, 0.15) is 17.5 Å². The van der Waals surface area contributed by atoms with Crippen LogP contribution >= 0.6 is 0 Å². The van der Waals surface area contributed by atoms with E-state index in [1.54, 1.807) is 0 Å². The van der Waals surface area contributed by atoms with Crippen molar-refractivity contribution in [2.75, 3.05) is 5.32 Å². The highest BCUT2D eigenvalue weighted by Gasteiger charge is 2.27. The first-order chi connectivity index (χ1) is 12.5. The summed E-state index contributed by atoms with van der Waals surface area (Å²) in [5, 5.41) is 2.73. The second kappa shape index (κ2) is 6.25. The fraction of sp³-hybridized carbons (Fsp3) is 0.211. The van der Waals surface area contributed by atoms with Gasteiger partial charge in [0.15, 0.2) is 6.10 Å². The van der Waals surface area contributed by atoms with E-state index in [2.05, 4.69) is 15.3 Å².